The summed E-state index contributed by atoms with van der Waals surface area (Å²) in [5, 5.41) is 8.43. The maximum atomic E-state index is 11.7. The Morgan fingerprint density at radius 3 is 2.20 bits per heavy atom. The minimum absolute atomic E-state index is 0.197. The van der Waals surface area contributed by atoms with Crippen LogP contribution in [-0.2, 0) is 9.59 Å². The van der Waals surface area contributed by atoms with Gasteiger partial charge in [-0.3, -0.25) is 4.79 Å². The fraction of sp³-hybridized carbons (Fsp3) is 0.636. The van der Waals surface area contributed by atoms with Gasteiger partial charge in [0, 0.05) is 24.2 Å². The van der Waals surface area contributed by atoms with Crippen LogP contribution in [0, 0.1) is 0 Å². The molecule has 0 radical (unpaired) electrons. The van der Waals surface area contributed by atoms with E-state index in [9.17, 15) is 9.59 Å². The maximum Gasteiger partial charge on any atom is 0.328 e. The number of carbonyl (C=O) groups is 2. The molecule has 1 saturated heterocycles. The Kier molecular flexibility index (Phi) is 3.88. The first-order valence-electron chi connectivity index (χ1n) is 5.25. The van der Waals surface area contributed by atoms with E-state index in [2.05, 4.69) is 0 Å². The molecule has 1 aliphatic heterocycles. The number of hydrogen-bond acceptors (Lipinski definition) is 2. The van der Waals surface area contributed by atoms with Crippen molar-refractivity contribution in [2.45, 2.75) is 45.2 Å². The molecule has 84 valence electrons. The van der Waals surface area contributed by atoms with Gasteiger partial charge in [-0.05, 0) is 33.1 Å². The summed E-state index contributed by atoms with van der Waals surface area (Å²) >= 11 is 0. The van der Waals surface area contributed by atoms with Crippen LogP contribution in [-0.4, -0.2) is 34.0 Å². The van der Waals surface area contributed by atoms with Crippen LogP contribution in [0.3, 0.4) is 0 Å². The Bertz CT molecular complexity index is 276. The SMILES string of the molecule is CC1CCCC(C)N1C(=O)/C=C\C(=O)O. The Morgan fingerprint density at radius 2 is 1.73 bits per heavy atom. The average molecular weight is 211 g/mol. The molecule has 1 amide bonds. The number of carbonyl (C=O) groups excluding carboxylic acids is 1. The Balaban J connectivity index is 2.67. The van der Waals surface area contributed by atoms with Crippen LogP contribution in [0.5, 0.6) is 0 Å². The lowest BCUT2D eigenvalue weighted by Gasteiger charge is -2.38. The Morgan fingerprint density at radius 1 is 1.20 bits per heavy atom. The smallest absolute Gasteiger partial charge is 0.328 e. The maximum absolute atomic E-state index is 11.7. The van der Waals surface area contributed by atoms with E-state index in [0.29, 0.717) is 0 Å². The van der Waals surface area contributed by atoms with Crippen LogP contribution in [0.15, 0.2) is 12.2 Å². The highest BCUT2D eigenvalue weighted by atomic mass is 16.4. The van der Waals surface area contributed by atoms with Gasteiger partial charge >= 0.3 is 5.97 Å². The van der Waals surface area contributed by atoms with E-state index < -0.39 is 5.97 Å². The molecule has 0 saturated carbocycles. The summed E-state index contributed by atoms with van der Waals surface area (Å²) in [6.45, 7) is 4.00. The number of amides is 1. The van der Waals surface area contributed by atoms with Gasteiger partial charge in [-0.1, -0.05) is 0 Å². The summed E-state index contributed by atoms with van der Waals surface area (Å²) in [5.41, 5.74) is 0. The van der Waals surface area contributed by atoms with Crippen molar-refractivity contribution in [3.63, 3.8) is 0 Å². The first-order valence-corrected chi connectivity index (χ1v) is 5.25. The first kappa shape index (κ1) is 11.8. The molecule has 2 atom stereocenters. The summed E-state index contributed by atoms with van der Waals surface area (Å²) in [6.07, 6.45) is 5.17. The normalized spacial score (nSPS) is 26.9. The van der Waals surface area contributed by atoms with E-state index in [1.54, 1.807) is 4.90 Å². The third-order valence-corrected chi connectivity index (χ3v) is 2.82. The zero-order valence-electron chi connectivity index (χ0n) is 9.14. The summed E-state index contributed by atoms with van der Waals surface area (Å²) in [7, 11) is 0. The number of nitrogens with zero attached hydrogens (tertiary/aromatic N) is 1. The molecule has 0 spiro atoms. The lowest BCUT2D eigenvalue weighted by Crippen LogP contribution is -2.46. The summed E-state index contributed by atoms with van der Waals surface area (Å²) in [4.78, 5) is 23.8. The van der Waals surface area contributed by atoms with E-state index in [0.717, 1.165) is 31.4 Å². The van der Waals surface area contributed by atoms with Crippen LogP contribution in [0.2, 0.25) is 0 Å². The fourth-order valence-corrected chi connectivity index (χ4v) is 2.08. The van der Waals surface area contributed by atoms with Crippen molar-refractivity contribution in [3.8, 4) is 0 Å². The van der Waals surface area contributed by atoms with Gasteiger partial charge in [-0.2, -0.15) is 0 Å². The molecule has 0 aromatic rings. The molecular formula is C11H17NO3. The number of likely N-dealkylation sites (tertiary alicyclic amines) is 1. The van der Waals surface area contributed by atoms with Crippen molar-refractivity contribution in [2.75, 3.05) is 0 Å². The van der Waals surface area contributed by atoms with Crippen LogP contribution in [0.25, 0.3) is 0 Å². The fourth-order valence-electron chi connectivity index (χ4n) is 2.08. The van der Waals surface area contributed by atoms with E-state index in [-0.39, 0.29) is 18.0 Å². The van der Waals surface area contributed by atoms with Gasteiger partial charge in [-0.15, -0.1) is 0 Å². The van der Waals surface area contributed by atoms with Crippen molar-refractivity contribution < 1.29 is 14.7 Å². The predicted molar refractivity (Wildman–Crippen MR) is 56.4 cm³/mol. The molecule has 1 fully saturated rings. The molecule has 4 heteroatoms. The van der Waals surface area contributed by atoms with Crippen LogP contribution in [0.1, 0.15) is 33.1 Å². The highest BCUT2D eigenvalue weighted by Crippen LogP contribution is 2.22. The van der Waals surface area contributed by atoms with Crippen molar-refractivity contribution >= 4 is 11.9 Å². The van der Waals surface area contributed by atoms with Crippen molar-refractivity contribution in [1.82, 2.24) is 4.90 Å². The number of piperidine rings is 1. The van der Waals surface area contributed by atoms with Crippen molar-refractivity contribution in [2.24, 2.45) is 0 Å². The summed E-state index contributed by atoms with van der Waals surface area (Å²) in [6, 6.07) is 0.416. The number of rotatable bonds is 2. The number of hydrogen-bond donors (Lipinski definition) is 1. The monoisotopic (exact) mass is 211 g/mol. The number of carboxylic acids is 1. The zero-order valence-corrected chi connectivity index (χ0v) is 9.14. The lowest BCUT2D eigenvalue weighted by molar-refractivity contribution is -0.134. The predicted octanol–water partition coefficient (Wildman–Crippen LogP) is 1.42. The van der Waals surface area contributed by atoms with Gasteiger partial charge in [-0.25, -0.2) is 4.79 Å². The third-order valence-electron chi connectivity index (χ3n) is 2.82. The standard InChI is InChI=1S/C11H17NO3/c1-8-4-3-5-9(2)12(8)10(13)6-7-11(14)15/h6-9H,3-5H2,1-2H3,(H,14,15)/b7-6-. The molecule has 0 aliphatic carbocycles. The minimum Gasteiger partial charge on any atom is -0.478 e. The molecule has 1 aliphatic rings. The Labute approximate surface area is 89.6 Å². The van der Waals surface area contributed by atoms with E-state index >= 15 is 0 Å². The molecular weight excluding hydrogens is 194 g/mol. The van der Waals surface area contributed by atoms with Gasteiger partial charge in [0.2, 0.25) is 5.91 Å². The van der Waals surface area contributed by atoms with Crippen LogP contribution in [0.4, 0.5) is 0 Å². The van der Waals surface area contributed by atoms with Gasteiger partial charge in [0.05, 0.1) is 0 Å². The second-order valence-electron chi connectivity index (χ2n) is 4.05. The zero-order chi connectivity index (χ0) is 11.4. The second-order valence-corrected chi connectivity index (χ2v) is 4.05. The van der Waals surface area contributed by atoms with Crippen molar-refractivity contribution in [1.29, 1.82) is 0 Å². The number of carboxylic acid groups (broad SMARTS) is 1. The molecule has 0 bridgehead atoms. The molecule has 15 heavy (non-hydrogen) atoms. The molecule has 4 nitrogen and oxygen atoms in total. The van der Waals surface area contributed by atoms with E-state index in [1.165, 1.54) is 0 Å². The highest BCUT2D eigenvalue weighted by Gasteiger charge is 2.27. The van der Waals surface area contributed by atoms with Crippen LogP contribution >= 0.6 is 0 Å². The molecule has 2 unspecified atom stereocenters. The molecule has 1 rings (SSSR count). The van der Waals surface area contributed by atoms with E-state index in [1.807, 2.05) is 13.8 Å². The molecule has 0 aromatic heterocycles. The van der Waals surface area contributed by atoms with Gasteiger partial charge in [0.1, 0.15) is 0 Å². The average Bonchev–Trinajstić information content (AvgIpc) is 2.14. The quantitative estimate of drug-likeness (QED) is 0.703. The highest BCUT2D eigenvalue weighted by molar-refractivity contribution is 5.94. The summed E-state index contributed by atoms with van der Waals surface area (Å²) in [5.74, 6) is -1.28. The summed E-state index contributed by atoms with van der Waals surface area (Å²) < 4.78 is 0. The van der Waals surface area contributed by atoms with Gasteiger partial charge in [0.15, 0.2) is 0 Å². The molecule has 1 heterocycles. The Hall–Kier alpha value is -1.32. The van der Waals surface area contributed by atoms with Crippen LogP contribution < -0.4 is 0 Å². The molecule has 1 N–H and O–H groups in total. The van der Waals surface area contributed by atoms with E-state index in [4.69, 9.17) is 5.11 Å². The van der Waals surface area contributed by atoms with Gasteiger partial charge < -0.3 is 10.0 Å². The largest absolute Gasteiger partial charge is 0.478 e. The van der Waals surface area contributed by atoms with Crippen molar-refractivity contribution in [3.05, 3.63) is 12.2 Å². The minimum atomic E-state index is -1.08. The second kappa shape index (κ2) is 4.96. The van der Waals surface area contributed by atoms with Gasteiger partial charge in [0.25, 0.3) is 0 Å². The number of aliphatic carboxylic acids is 1. The third kappa shape index (κ3) is 3.08. The topological polar surface area (TPSA) is 57.6 Å². The molecule has 0 aromatic carbocycles. The first-order chi connectivity index (χ1) is 7.02. The lowest BCUT2D eigenvalue weighted by atomic mass is 9.97.